The highest BCUT2D eigenvalue weighted by atomic mass is 16.5. The molecule has 1 atom stereocenters. The number of hydrogen-bond donors (Lipinski definition) is 2. The monoisotopic (exact) mass is 195 g/mol. The number of rotatable bonds is 3. The lowest BCUT2D eigenvalue weighted by molar-refractivity contribution is -0.143. The van der Waals surface area contributed by atoms with Crippen LogP contribution in [-0.2, 0) is 9.53 Å². The number of hydrogen-bond acceptors (Lipinski definition) is 4. The molecule has 76 valence electrons. The Kier molecular flexibility index (Phi) is 3.48. The van der Waals surface area contributed by atoms with Crippen molar-refractivity contribution in [1.29, 1.82) is 0 Å². The predicted molar refractivity (Wildman–Crippen MR) is 51.9 cm³/mol. The number of nitrogens with one attached hydrogen (secondary N) is 1. The largest absolute Gasteiger partial charge is 0.508 e. The van der Waals surface area contributed by atoms with E-state index in [2.05, 4.69) is 10.1 Å². The van der Waals surface area contributed by atoms with Gasteiger partial charge in [0.1, 0.15) is 11.8 Å². The number of ether oxygens (including phenoxy) is 1. The van der Waals surface area contributed by atoms with Crippen molar-refractivity contribution in [3.8, 4) is 5.75 Å². The quantitative estimate of drug-likeness (QED) is 0.701. The van der Waals surface area contributed by atoms with Gasteiger partial charge in [0.05, 0.1) is 7.11 Å². The van der Waals surface area contributed by atoms with E-state index >= 15 is 0 Å². The standard InChI is InChI=1S/C10H13NO3/c1-11-9(10(13)14-2)7-4-3-5-8(12)6-7/h3-6,9,11-12H,1-2H3/t9-/m1/s1. The highest BCUT2D eigenvalue weighted by molar-refractivity contribution is 5.77. The number of carbonyl (C=O) groups is 1. The molecular weight excluding hydrogens is 182 g/mol. The lowest BCUT2D eigenvalue weighted by Crippen LogP contribution is -2.26. The molecule has 4 nitrogen and oxygen atoms in total. The molecule has 0 heterocycles. The summed E-state index contributed by atoms with van der Waals surface area (Å²) in [7, 11) is 2.99. The van der Waals surface area contributed by atoms with E-state index in [1.165, 1.54) is 13.2 Å². The fourth-order valence-corrected chi connectivity index (χ4v) is 1.24. The Balaban J connectivity index is 2.94. The second kappa shape index (κ2) is 4.62. The summed E-state index contributed by atoms with van der Waals surface area (Å²) in [5, 5.41) is 12.0. The van der Waals surface area contributed by atoms with Gasteiger partial charge in [0.2, 0.25) is 0 Å². The molecule has 0 aromatic heterocycles. The molecule has 0 amide bonds. The maximum atomic E-state index is 11.3. The zero-order chi connectivity index (χ0) is 10.6. The average molecular weight is 195 g/mol. The minimum Gasteiger partial charge on any atom is -0.508 e. The zero-order valence-corrected chi connectivity index (χ0v) is 8.15. The summed E-state index contributed by atoms with van der Waals surface area (Å²) in [6, 6.07) is 5.97. The number of aromatic hydroxyl groups is 1. The van der Waals surface area contributed by atoms with Gasteiger partial charge in [-0.15, -0.1) is 0 Å². The molecule has 0 aliphatic rings. The summed E-state index contributed by atoms with van der Waals surface area (Å²) in [6.45, 7) is 0. The van der Waals surface area contributed by atoms with Crippen LogP contribution in [0.2, 0.25) is 0 Å². The van der Waals surface area contributed by atoms with E-state index in [9.17, 15) is 9.90 Å². The fraction of sp³-hybridized carbons (Fsp3) is 0.300. The van der Waals surface area contributed by atoms with Gasteiger partial charge in [-0.1, -0.05) is 12.1 Å². The van der Waals surface area contributed by atoms with Crippen LogP contribution in [0, 0.1) is 0 Å². The molecule has 0 fully saturated rings. The van der Waals surface area contributed by atoms with Crippen molar-refractivity contribution in [2.24, 2.45) is 0 Å². The van der Waals surface area contributed by atoms with Crippen LogP contribution in [-0.4, -0.2) is 25.2 Å². The third-order valence-electron chi connectivity index (χ3n) is 1.93. The Morgan fingerprint density at radius 1 is 1.57 bits per heavy atom. The summed E-state index contributed by atoms with van der Waals surface area (Å²) < 4.78 is 4.61. The van der Waals surface area contributed by atoms with Gasteiger partial charge in [0, 0.05) is 0 Å². The van der Waals surface area contributed by atoms with E-state index in [4.69, 9.17) is 0 Å². The normalized spacial score (nSPS) is 12.1. The van der Waals surface area contributed by atoms with Crippen molar-refractivity contribution < 1.29 is 14.6 Å². The maximum Gasteiger partial charge on any atom is 0.327 e. The van der Waals surface area contributed by atoms with Crippen LogP contribution in [0.25, 0.3) is 0 Å². The van der Waals surface area contributed by atoms with E-state index in [0.29, 0.717) is 5.56 Å². The Labute approximate surface area is 82.5 Å². The predicted octanol–water partition coefficient (Wildman–Crippen LogP) is 0.826. The summed E-state index contributed by atoms with van der Waals surface area (Å²) in [4.78, 5) is 11.3. The number of likely N-dealkylation sites (N-methyl/N-ethyl adjacent to an activating group) is 1. The second-order valence-electron chi connectivity index (χ2n) is 2.84. The van der Waals surface area contributed by atoms with Crippen molar-refractivity contribution in [3.63, 3.8) is 0 Å². The van der Waals surface area contributed by atoms with Crippen LogP contribution in [0.15, 0.2) is 24.3 Å². The molecule has 0 aliphatic heterocycles. The lowest BCUT2D eigenvalue weighted by atomic mass is 10.1. The van der Waals surface area contributed by atoms with Crippen molar-refractivity contribution in [2.45, 2.75) is 6.04 Å². The molecule has 0 saturated heterocycles. The first-order chi connectivity index (χ1) is 6.69. The molecule has 2 N–H and O–H groups in total. The molecule has 0 unspecified atom stereocenters. The highest BCUT2D eigenvalue weighted by Gasteiger charge is 2.18. The van der Waals surface area contributed by atoms with Crippen LogP contribution in [0.4, 0.5) is 0 Å². The van der Waals surface area contributed by atoms with E-state index < -0.39 is 6.04 Å². The maximum absolute atomic E-state index is 11.3. The number of phenolic OH excluding ortho intramolecular Hbond substituents is 1. The Morgan fingerprint density at radius 2 is 2.29 bits per heavy atom. The smallest absolute Gasteiger partial charge is 0.327 e. The molecule has 0 radical (unpaired) electrons. The van der Waals surface area contributed by atoms with Crippen molar-refractivity contribution in [1.82, 2.24) is 5.32 Å². The molecule has 0 spiro atoms. The van der Waals surface area contributed by atoms with Crippen LogP contribution in [0.3, 0.4) is 0 Å². The summed E-state index contributed by atoms with van der Waals surface area (Å²) in [5.41, 5.74) is 0.680. The number of carbonyl (C=O) groups excluding carboxylic acids is 1. The average Bonchev–Trinajstić information content (AvgIpc) is 2.19. The molecule has 0 bridgehead atoms. The molecule has 4 heteroatoms. The van der Waals surface area contributed by atoms with E-state index in [-0.39, 0.29) is 11.7 Å². The van der Waals surface area contributed by atoms with Gasteiger partial charge in [0.15, 0.2) is 0 Å². The first kappa shape index (κ1) is 10.5. The Morgan fingerprint density at radius 3 is 2.79 bits per heavy atom. The van der Waals surface area contributed by atoms with Crippen molar-refractivity contribution in [2.75, 3.05) is 14.2 Å². The summed E-state index contributed by atoms with van der Waals surface area (Å²) in [6.07, 6.45) is 0. The first-order valence-corrected chi connectivity index (χ1v) is 4.23. The van der Waals surface area contributed by atoms with Crippen LogP contribution in [0.1, 0.15) is 11.6 Å². The van der Waals surface area contributed by atoms with Crippen molar-refractivity contribution >= 4 is 5.97 Å². The SMILES string of the molecule is CN[C@@H](C(=O)OC)c1cccc(O)c1. The number of esters is 1. The third kappa shape index (κ3) is 2.23. The second-order valence-corrected chi connectivity index (χ2v) is 2.84. The van der Waals surface area contributed by atoms with Crippen LogP contribution >= 0.6 is 0 Å². The molecule has 1 aromatic carbocycles. The Bertz CT molecular complexity index is 325. The zero-order valence-electron chi connectivity index (χ0n) is 8.15. The van der Waals surface area contributed by atoms with E-state index in [0.717, 1.165) is 0 Å². The Hall–Kier alpha value is -1.55. The van der Waals surface area contributed by atoms with Gasteiger partial charge < -0.3 is 15.2 Å². The summed E-state index contributed by atoms with van der Waals surface area (Å²) >= 11 is 0. The van der Waals surface area contributed by atoms with E-state index in [1.54, 1.807) is 25.2 Å². The highest BCUT2D eigenvalue weighted by Crippen LogP contribution is 2.18. The fourth-order valence-electron chi connectivity index (χ4n) is 1.24. The van der Waals surface area contributed by atoms with Crippen LogP contribution < -0.4 is 5.32 Å². The van der Waals surface area contributed by atoms with Gasteiger partial charge in [-0.25, -0.2) is 4.79 Å². The van der Waals surface area contributed by atoms with Gasteiger partial charge in [-0.05, 0) is 24.7 Å². The van der Waals surface area contributed by atoms with Crippen LogP contribution in [0.5, 0.6) is 5.75 Å². The van der Waals surface area contributed by atoms with Gasteiger partial charge >= 0.3 is 5.97 Å². The molecule has 1 aromatic rings. The minimum absolute atomic E-state index is 0.131. The number of methoxy groups -OCH3 is 1. The topological polar surface area (TPSA) is 58.6 Å². The molecular formula is C10H13NO3. The number of phenols is 1. The van der Waals surface area contributed by atoms with E-state index in [1.807, 2.05) is 0 Å². The van der Waals surface area contributed by atoms with Gasteiger partial charge in [0.25, 0.3) is 0 Å². The minimum atomic E-state index is -0.535. The third-order valence-corrected chi connectivity index (χ3v) is 1.93. The van der Waals surface area contributed by atoms with Gasteiger partial charge in [-0.3, -0.25) is 0 Å². The summed E-state index contributed by atoms with van der Waals surface area (Å²) in [5.74, 6) is -0.246. The first-order valence-electron chi connectivity index (χ1n) is 4.23. The molecule has 0 saturated carbocycles. The number of benzene rings is 1. The van der Waals surface area contributed by atoms with Crippen molar-refractivity contribution in [3.05, 3.63) is 29.8 Å². The lowest BCUT2D eigenvalue weighted by Gasteiger charge is -2.13. The molecule has 14 heavy (non-hydrogen) atoms. The molecule has 1 rings (SSSR count). The van der Waals surface area contributed by atoms with Gasteiger partial charge in [-0.2, -0.15) is 0 Å². The molecule has 0 aliphatic carbocycles.